The molecule has 4 nitrogen and oxygen atoms in total. The molecule has 0 atom stereocenters. The maximum atomic E-state index is 15.5. The molecule has 0 saturated heterocycles. The summed E-state index contributed by atoms with van der Waals surface area (Å²) in [6, 6.07) is 63.1. The van der Waals surface area contributed by atoms with Crippen LogP contribution in [-0.2, 0) is 6.42 Å². The Labute approximate surface area is 325 Å². The molecule has 8 aromatic carbocycles. The fourth-order valence-electron chi connectivity index (χ4n) is 7.59. The highest BCUT2D eigenvalue weighted by atomic mass is 19.2. The lowest BCUT2D eigenvalue weighted by Gasteiger charge is -2.27. The Kier molecular flexibility index (Phi) is 9.26. The summed E-state index contributed by atoms with van der Waals surface area (Å²) < 4.78 is 27.8. The van der Waals surface area contributed by atoms with Gasteiger partial charge >= 0.3 is 0 Å². The van der Waals surface area contributed by atoms with Gasteiger partial charge in [-0.3, -0.25) is 5.01 Å². The van der Waals surface area contributed by atoms with E-state index in [4.69, 9.17) is 8.83 Å². The summed E-state index contributed by atoms with van der Waals surface area (Å²) in [5.74, 6) is 0. The summed E-state index contributed by atoms with van der Waals surface area (Å²) >= 11 is 0. The predicted molar refractivity (Wildman–Crippen MR) is 232 cm³/mol. The van der Waals surface area contributed by atoms with Gasteiger partial charge in [-0.2, -0.15) is 0 Å². The molecule has 10 aromatic rings. The van der Waals surface area contributed by atoms with E-state index in [1.807, 2.05) is 60.7 Å². The number of nitrogens with zero attached hydrogens (tertiary/aromatic N) is 2. The maximum absolute atomic E-state index is 15.5. The first kappa shape index (κ1) is 34.6. The molecule has 0 unspecified atom stereocenters. The normalized spacial score (nSPS) is 11.2. The van der Waals surface area contributed by atoms with Crippen LogP contribution in [0.25, 0.3) is 77.3 Å². The predicted octanol–water partition coefficient (Wildman–Crippen LogP) is 14.5. The van der Waals surface area contributed by atoms with E-state index < -0.39 is 0 Å². The minimum absolute atomic E-state index is 0.439. The molecule has 10 rings (SSSR count). The fourth-order valence-corrected chi connectivity index (χ4v) is 7.59. The number of aryl methyl sites for hydroxylation is 1. The van der Waals surface area contributed by atoms with Crippen LogP contribution in [-0.4, -0.2) is 7.05 Å². The lowest BCUT2D eigenvalue weighted by molar-refractivity contribution is 0.426. The number of hydrogen-bond acceptors (Lipinski definition) is 4. The number of benzene rings is 8. The highest BCUT2D eigenvalue weighted by Gasteiger charge is 2.22. The number of hydrogen-bond donors (Lipinski definition) is 0. The Morgan fingerprint density at radius 3 is 1.70 bits per heavy atom. The molecule has 0 radical (unpaired) electrons. The van der Waals surface area contributed by atoms with E-state index in [1.54, 1.807) is 19.2 Å². The second kappa shape index (κ2) is 15.0. The van der Waals surface area contributed by atoms with Crippen molar-refractivity contribution in [2.24, 2.45) is 0 Å². The third-order valence-electron chi connectivity index (χ3n) is 10.4. The maximum Gasteiger partial charge on any atom is 0.161 e. The van der Waals surface area contributed by atoms with Crippen LogP contribution in [0.5, 0.6) is 0 Å². The third kappa shape index (κ3) is 6.43. The largest absolute Gasteiger partial charge is 0.456 e. The van der Waals surface area contributed by atoms with E-state index in [0.717, 1.165) is 56.2 Å². The van der Waals surface area contributed by atoms with Crippen LogP contribution in [0.1, 0.15) is 12.5 Å². The molecule has 56 heavy (non-hydrogen) atoms. The van der Waals surface area contributed by atoms with Gasteiger partial charge in [-0.15, -0.1) is 5.23 Å². The highest BCUT2D eigenvalue weighted by molar-refractivity contribution is 6.16. The van der Waals surface area contributed by atoms with Gasteiger partial charge in [0.2, 0.25) is 0 Å². The van der Waals surface area contributed by atoms with Gasteiger partial charge < -0.3 is 8.83 Å². The number of fused-ring (bicyclic) bond motifs is 6. The van der Waals surface area contributed by atoms with Gasteiger partial charge in [0.05, 0.1) is 5.69 Å². The van der Waals surface area contributed by atoms with Crippen molar-refractivity contribution in [2.45, 2.75) is 13.3 Å². The average Bonchev–Trinajstić information content (AvgIpc) is 3.86. The number of rotatable bonds is 7. The zero-order valence-corrected chi connectivity index (χ0v) is 31.2. The quantitative estimate of drug-likeness (QED) is 0.121. The molecule has 0 spiro atoms. The molecule has 0 saturated carbocycles. The van der Waals surface area contributed by atoms with Crippen LogP contribution in [0.3, 0.4) is 0 Å². The van der Waals surface area contributed by atoms with E-state index in [2.05, 4.69) is 122 Å². The van der Waals surface area contributed by atoms with Gasteiger partial charge in [0.1, 0.15) is 22.4 Å². The lowest BCUT2D eigenvalue weighted by Crippen LogP contribution is -2.33. The molecule has 272 valence electrons. The second-order valence-corrected chi connectivity index (χ2v) is 13.8. The zero-order chi connectivity index (χ0) is 38.0. The summed E-state index contributed by atoms with van der Waals surface area (Å²) in [5, 5.41) is 6.51. The second-order valence-electron chi connectivity index (χ2n) is 13.8. The van der Waals surface area contributed by atoms with E-state index in [-0.39, 0.29) is 0 Å². The molecule has 0 fully saturated rings. The van der Waals surface area contributed by atoms with Crippen molar-refractivity contribution >= 4 is 55.3 Å². The van der Waals surface area contributed by atoms with E-state index in [0.29, 0.717) is 22.2 Å². The van der Waals surface area contributed by atoms with Crippen LogP contribution in [0.2, 0.25) is 0 Å². The molecule has 0 aliphatic rings. The standard InChI is InChI=1S/C37H27FN2O.C14H12O/c1-39(40(38)31-18-6-3-7-19-31)34-23-22-32(36-33-20-8-9-21-35(33)41-37(34)36)30-17-11-16-29(25-30)28-15-10-14-27(24-28)26-12-4-2-5-13-26;1-2-10-6-5-8-12-11-7-3-4-9-13(11)15-14(10)12/h2-25H,1H3;3-9H,2H2,1H3. The first-order valence-corrected chi connectivity index (χ1v) is 18.9. The number of halogens is 1. The topological polar surface area (TPSA) is 32.8 Å². The molecule has 2 aromatic heterocycles. The van der Waals surface area contributed by atoms with Gasteiger partial charge in [0.25, 0.3) is 0 Å². The summed E-state index contributed by atoms with van der Waals surface area (Å²) in [4.78, 5) is 0. The molecule has 0 aliphatic heterocycles. The Morgan fingerprint density at radius 1 is 0.464 bits per heavy atom. The van der Waals surface area contributed by atoms with Crippen molar-refractivity contribution in [1.29, 1.82) is 0 Å². The van der Waals surface area contributed by atoms with Gasteiger partial charge in [-0.25, -0.2) is 0 Å². The van der Waals surface area contributed by atoms with Crippen molar-refractivity contribution in [3.63, 3.8) is 0 Å². The van der Waals surface area contributed by atoms with Crippen molar-refractivity contribution in [3.05, 3.63) is 194 Å². The van der Waals surface area contributed by atoms with E-state index >= 15 is 4.48 Å². The number of furan rings is 2. The van der Waals surface area contributed by atoms with Crippen molar-refractivity contribution in [3.8, 4) is 33.4 Å². The van der Waals surface area contributed by atoms with Crippen LogP contribution in [0.15, 0.2) is 197 Å². The summed E-state index contributed by atoms with van der Waals surface area (Å²) in [5.41, 5.74) is 12.5. The molecule has 2 heterocycles. The average molecular weight is 731 g/mol. The minimum atomic E-state index is 0.439. The molecule has 0 aliphatic carbocycles. The van der Waals surface area contributed by atoms with Gasteiger partial charge in [0, 0.05) is 28.6 Å². The van der Waals surface area contributed by atoms with E-state index in [1.165, 1.54) is 32.5 Å². The SMILES string of the molecule is CCc1cccc2c1oc1ccccc12.CN(c1ccc(-c2cccc(-c3cccc(-c4ccccc4)c3)c2)c2c1oc1ccccc12)N(F)c1ccccc1. The Morgan fingerprint density at radius 2 is 0.982 bits per heavy atom. The Balaban J connectivity index is 0.000000227. The summed E-state index contributed by atoms with van der Waals surface area (Å²) in [6.07, 6.45) is 1.01. The minimum Gasteiger partial charge on any atom is -0.456 e. The number of para-hydroxylation sites is 4. The van der Waals surface area contributed by atoms with Crippen molar-refractivity contribution in [2.75, 3.05) is 17.3 Å². The number of anilines is 2. The Bertz CT molecular complexity index is 2950. The molecule has 0 amide bonds. The summed E-state index contributed by atoms with van der Waals surface area (Å²) in [7, 11) is 1.70. The smallest absolute Gasteiger partial charge is 0.161 e. The Hall–Kier alpha value is -7.11. The van der Waals surface area contributed by atoms with Crippen LogP contribution < -0.4 is 10.2 Å². The molecular weight excluding hydrogens is 692 g/mol. The molecule has 0 N–H and O–H groups in total. The van der Waals surface area contributed by atoms with Crippen molar-refractivity contribution < 1.29 is 13.3 Å². The number of hydrazine groups is 1. The van der Waals surface area contributed by atoms with E-state index in [9.17, 15) is 0 Å². The summed E-state index contributed by atoms with van der Waals surface area (Å²) in [6.45, 7) is 2.15. The van der Waals surface area contributed by atoms with Crippen molar-refractivity contribution in [1.82, 2.24) is 0 Å². The van der Waals surface area contributed by atoms with Crippen LogP contribution in [0.4, 0.5) is 15.9 Å². The highest BCUT2D eigenvalue weighted by Crippen LogP contribution is 2.43. The van der Waals surface area contributed by atoms with Gasteiger partial charge in [-0.05, 0) is 87.8 Å². The molecule has 0 bridgehead atoms. The van der Waals surface area contributed by atoms with Gasteiger partial charge in [0.15, 0.2) is 5.58 Å². The molecular formula is C51H39FN2O2. The fraction of sp³-hybridized carbons (Fsp3) is 0.0588. The van der Waals surface area contributed by atoms with Crippen LogP contribution in [0, 0.1) is 0 Å². The van der Waals surface area contributed by atoms with Crippen LogP contribution >= 0.6 is 0 Å². The van der Waals surface area contributed by atoms with Gasteiger partial charge in [-0.1, -0.05) is 157 Å². The zero-order valence-electron chi connectivity index (χ0n) is 31.2. The third-order valence-corrected chi connectivity index (χ3v) is 10.4. The first-order chi connectivity index (χ1) is 27.6. The first-order valence-electron chi connectivity index (χ1n) is 18.9. The monoisotopic (exact) mass is 730 g/mol. The lowest BCUT2D eigenvalue weighted by atomic mass is 9.94. The molecule has 5 heteroatoms.